The van der Waals surface area contributed by atoms with E-state index in [4.69, 9.17) is 9.31 Å². The Morgan fingerprint density at radius 3 is 2.27 bits per heavy atom. The fraction of sp³-hybridized carbons (Fsp3) is 0.636. The summed E-state index contributed by atoms with van der Waals surface area (Å²) in [6, 6.07) is 2.12. The Labute approximate surface area is 95.7 Å². The predicted molar refractivity (Wildman–Crippen MR) is 64.1 cm³/mol. The first-order valence-corrected chi connectivity index (χ1v) is 6.22. The molecular formula is C11H17BO2S. The van der Waals surface area contributed by atoms with E-state index < -0.39 is 0 Å². The Morgan fingerprint density at radius 2 is 1.80 bits per heavy atom. The van der Waals surface area contributed by atoms with Crippen LogP contribution in [0.2, 0.25) is 0 Å². The summed E-state index contributed by atoms with van der Waals surface area (Å²) in [5, 5.41) is 4.23. The Hall–Kier alpha value is -0.315. The lowest BCUT2D eigenvalue weighted by Crippen LogP contribution is -2.41. The molecule has 0 bridgehead atoms. The molecule has 1 saturated heterocycles. The van der Waals surface area contributed by atoms with Crippen molar-refractivity contribution in [2.45, 2.75) is 45.2 Å². The molecule has 1 aliphatic heterocycles. The van der Waals surface area contributed by atoms with E-state index >= 15 is 0 Å². The van der Waals surface area contributed by atoms with Crippen LogP contribution >= 0.6 is 11.3 Å². The average Bonchev–Trinajstić information content (AvgIpc) is 2.59. The lowest BCUT2D eigenvalue weighted by Gasteiger charge is -2.32. The van der Waals surface area contributed by atoms with Gasteiger partial charge < -0.3 is 9.31 Å². The van der Waals surface area contributed by atoms with Crippen LogP contribution in [0.15, 0.2) is 16.8 Å². The predicted octanol–water partition coefficient (Wildman–Crippen LogP) is 2.92. The van der Waals surface area contributed by atoms with Crippen molar-refractivity contribution in [3.05, 3.63) is 22.4 Å². The van der Waals surface area contributed by atoms with Crippen LogP contribution in [0.25, 0.3) is 0 Å². The molecular weight excluding hydrogens is 207 g/mol. The fourth-order valence-corrected chi connectivity index (χ4v) is 2.33. The van der Waals surface area contributed by atoms with Gasteiger partial charge in [-0.15, -0.1) is 0 Å². The van der Waals surface area contributed by atoms with Crippen LogP contribution in [0, 0.1) is 0 Å². The molecule has 2 rings (SSSR count). The van der Waals surface area contributed by atoms with Gasteiger partial charge in [-0.3, -0.25) is 0 Å². The number of hydrogen-bond donors (Lipinski definition) is 0. The van der Waals surface area contributed by atoms with E-state index in [-0.39, 0.29) is 18.3 Å². The standard InChI is InChI=1S/C11H17BO2S/c1-10(2)11(3,4)14-12(13-10)7-9-5-6-15-8-9/h5-6,8H,7H2,1-4H3. The molecule has 0 radical (unpaired) electrons. The maximum Gasteiger partial charge on any atom is 0.462 e. The normalized spacial score (nSPS) is 23.3. The summed E-state index contributed by atoms with van der Waals surface area (Å²) >= 11 is 1.71. The molecule has 2 heterocycles. The molecule has 0 saturated carbocycles. The summed E-state index contributed by atoms with van der Waals surface area (Å²) in [6.07, 6.45) is 0.844. The molecule has 0 unspecified atom stereocenters. The van der Waals surface area contributed by atoms with Gasteiger partial charge >= 0.3 is 7.12 Å². The Kier molecular flexibility index (Phi) is 2.69. The van der Waals surface area contributed by atoms with Crippen molar-refractivity contribution in [2.24, 2.45) is 0 Å². The molecule has 0 spiro atoms. The molecule has 0 aliphatic carbocycles. The second-order valence-electron chi connectivity index (χ2n) is 5.02. The molecule has 4 heteroatoms. The first-order chi connectivity index (χ1) is 6.91. The quantitative estimate of drug-likeness (QED) is 0.719. The van der Waals surface area contributed by atoms with Crippen LogP contribution in [0.1, 0.15) is 33.3 Å². The van der Waals surface area contributed by atoms with E-state index in [0.29, 0.717) is 0 Å². The summed E-state index contributed by atoms with van der Waals surface area (Å²) in [6.45, 7) is 8.34. The molecule has 0 atom stereocenters. The SMILES string of the molecule is CC1(C)OB(Cc2ccsc2)OC1(C)C. The lowest BCUT2D eigenvalue weighted by atomic mass is 9.82. The third-order valence-corrected chi connectivity index (χ3v) is 4.02. The largest absolute Gasteiger partial charge is 0.462 e. The van der Waals surface area contributed by atoms with Gasteiger partial charge in [0.1, 0.15) is 0 Å². The van der Waals surface area contributed by atoms with Crippen LogP contribution in [-0.4, -0.2) is 18.3 Å². The summed E-state index contributed by atoms with van der Waals surface area (Å²) in [7, 11) is -0.107. The van der Waals surface area contributed by atoms with Crippen LogP contribution < -0.4 is 0 Å². The zero-order chi connectivity index (χ0) is 11.1. The Morgan fingerprint density at radius 1 is 1.20 bits per heavy atom. The van der Waals surface area contributed by atoms with E-state index in [0.717, 1.165) is 6.32 Å². The monoisotopic (exact) mass is 224 g/mol. The van der Waals surface area contributed by atoms with Gasteiger partial charge in [0.05, 0.1) is 11.2 Å². The van der Waals surface area contributed by atoms with Crippen molar-refractivity contribution in [1.82, 2.24) is 0 Å². The zero-order valence-corrected chi connectivity index (χ0v) is 10.6. The van der Waals surface area contributed by atoms with Gasteiger partial charge in [0.15, 0.2) is 0 Å². The van der Waals surface area contributed by atoms with Gasteiger partial charge in [0, 0.05) is 6.32 Å². The van der Waals surface area contributed by atoms with Gasteiger partial charge in [-0.2, -0.15) is 11.3 Å². The van der Waals surface area contributed by atoms with Crippen molar-refractivity contribution < 1.29 is 9.31 Å². The van der Waals surface area contributed by atoms with E-state index in [1.54, 1.807) is 11.3 Å². The molecule has 0 aromatic carbocycles. The molecule has 15 heavy (non-hydrogen) atoms. The zero-order valence-electron chi connectivity index (χ0n) is 9.74. The molecule has 1 aliphatic rings. The minimum absolute atomic E-state index is 0.107. The van der Waals surface area contributed by atoms with Gasteiger partial charge in [-0.1, -0.05) is 0 Å². The highest BCUT2D eigenvalue weighted by atomic mass is 32.1. The van der Waals surface area contributed by atoms with Crippen molar-refractivity contribution in [3.63, 3.8) is 0 Å². The van der Waals surface area contributed by atoms with Gasteiger partial charge in [0.2, 0.25) is 0 Å². The van der Waals surface area contributed by atoms with Crippen molar-refractivity contribution in [1.29, 1.82) is 0 Å². The van der Waals surface area contributed by atoms with Crippen molar-refractivity contribution >= 4 is 18.5 Å². The lowest BCUT2D eigenvalue weighted by molar-refractivity contribution is 0.00578. The number of rotatable bonds is 2. The Bertz CT molecular complexity index is 316. The fourth-order valence-electron chi connectivity index (χ4n) is 1.65. The molecule has 0 N–H and O–H groups in total. The van der Waals surface area contributed by atoms with Gasteiger partial charge in [-0.05, 0) is 50.1 Å². The number of hydrogen-bond acceptors (Lipinski definition) is 3. The second-order valence-corrected chi connectivity index (χ2v) is 5.80. The van der Waals surface area contributed by atoms with Gasteiger partial charge in [0.25, 0.3) is 0 Å². The smallest absolute Gasteiger partial charge is 0.403 e. The third kappa shape index (κ3) is 2.12. The molecule has 0 amide bonds. The van der Waals surface area contributed by atoms with E-state index in [1.165, 1.54) is 5.56 Å². The van der Waals surface area contributed by atoms with Crippen LogP contribution in [0.3, 0.4) is 0 Å². The maximum atomic E-state index is 5.92. The van der Waals surface area contributed by atoms with E-state index in [2.05, 4.69) is 44.5 Å². The highest BCUT2D eigenvalue weighted by molar-refractivity contribution is 7.08. The van der Waals surface area contributed by atoms with Crippen molar-refractivity contribution in [3.8, 4) is 0 Å². The molecule has 2 nitrogen and oxygen atoms in total. The second kappa shape index (κ2) is 3.61. The van der Waals surface area contributed by atoms with E-state index in [9.17, 15) is 0 Å². The summed E-state index contributed by atoms with van der Waals surface area (Å²) in [4.78, 5) is 0. The topological polar surface area (TPSA) is 18.5 Å². The van der Waals surface area contributed by atoms with Crippen molar-refractivity contribution in [2.75, 3.05) is 0 Å². The summed E-state index contributed by atoms with van der Waals surface area (Å²) in [5.41, 5.74) is 0.861. The van der Waals surface area contributed by atoms with Gasteiger partial charge in [-0.25, -0.2) is 0 Å². The highest BCUT2D eigenvalue weighted by Crippen LogP contribution is 2.37. The van der Waals surface area contributed by atoms with Crippen LogP contribution in [0.4, 0.5) is 0 Å². The Balaban J connectivity index is 2.04. The first kappa shape index (κ1) is 11.2. The van der Waals surface area contributed by atoms with Crippen LogP contribution in [0.5, 0.6) is 0 Å². The van der Waals surface area contributed by atoms with Crippen LogP contribution in [-0.2, 0) is 15.6 Å². The first-order valence-electron chi connectivity index (χ1n) is 5.27. The van der Waals surface area contributed by atoms with E-state index in [1.807, 2.05) is 0 Å². The molecule has 82 valence electrons. The summed E-state index contributed by atoms with van der Waals surface area (Å²) < 4.78 is 11.8. The highest BCUT2D eigenvalue weighted by Gasteiger charge is 2.50. The minimum atomic E-state index is -0.215. The molecule has 1 aromatic rings. The third-order valence-electron chi connectivity index (χ3n) is 3.28. The minimum Gasteiger partial charge on any atom is -0.403 e. The number of thiophene rings is 1. The average molecular weight is 224 g/mol. The molecule has 1 fully saturated rings. The summed E-state index contributed by atoms with van der Waals surface area (Å²) in [5.74, 6) is 0. The maximum absolute atomic E-state index is 5.92. The molecule has 1 aromatic heterocycles.